The van der Waals surface area contributed by atoms with Gasteiger partial charge in [0.2, 0.25) is 5.91 Å². The SMILES string of the molecule is C[C@@H](NC(=O)[C@H](n1c(=O)[nH]c2ccc(F)cc2c1=O)[C@]12CC[C@H](COC1)N2C)c1ccc(F)cc1F. The molecule has 0 saturated carbocycles. The van der Waals surface area contributed by atoms with E-state index in [4.69, 9.17) is 4.74 Å². The summed E-state index contributed by atoms with van der Waals surface area (Å²) < 4.78 is 48.4. The number of hydrogen-bond acceptors (Lipinski definition) is 5. The van der Waals surface area contributed by atoms with E-state index >= 15 is 0 Å². The lowest BCUT2D eigenvalue weighted by Crippen LogP contribution is -2.64. The topological polar surface area (TPSA) is 96.4 Å². The molecule has 1 aromatic heterocycles. The van der Waals surface area contributed by atoms with Gasteiger partial charge in [-0.3, -0.25) is 14.5 Å². The van der Waals surface area contributed by atoms with Crippen molar-refractivity contribution >= 4 is 16.8 Å². The Morgan fingerprint density at radius 3 is 2.64 bits per heavy atom. The molecule has 11 heteroatoms. The van der Waals surface area contributed by atoms with E-state index in [9.17, 15) is 27.6 Å². The van der Waals surface area contributed by atoms with Crippen LogP contribution in [0.5, 0.6) is 0 Å². The van der Waals surface area contributed by atoms with Crippen LogP contribution in [0, 0.1) is 17.5 Å². The van der Waals surface area contributed by atoms with Crippen molar-refractivity contribution in [3.05, 3.63) is 80.3 Å². The Hall–Kier alpha value is -3.44. The van der Waals surface area contributed by atoms with Crippen LogP contribution in [0.1, 0.15) is 37.4 Å². The van der Waals surface area contributed by atoms with E-state index in [0.29, 0.717) is 25.5 Å². The lowest BCUT2D eigenvalue weighted by atomic mass is 9.86. The number of benzene rings is 2. The summed E-state index contributed by atoms with van der Waals surface area (Å²) in [6, 6.07) is 4.13. The molecular weight excluding hydrogens is 477 g/mol. The maximum Gasteiger partial charge on any atom is 0.329 e. The third kappa shape index (κ3) is 3.82. The third-order valence-corrected chi connectivity index (χ3v) is 7.52. The van der Waals surface area contributed by atoms with Crippen LogP contribution in [-0.2, 0) is 9.53 Å². The Morgan fingerprint density at radius 1 is 1.17 bits per heavy atom. The van der Waals surface area contributed by atoms with E-state index in [1.165, 1.54) is 19.1 Å². The minimum Gasteiger partial charge on any atom is -0.378 e. The zero-order valence-corrected chi connectivity index (χ0v) is 19.7. The number of nitrogens with one attached hydrogen (secondary N) is 2. The van der Waals surface area contributed by atoms with Gasteiger partial charge in [0, 0.05) is 17.7 Å². The van der Waals surface area contributed by atoms with E-state index in [2.05, 4.69) is 10.3 Å². The van der Waals surface area contributed by atoms with Gasteiger partial charge in [-0.1, -0.05) is 6.07 Å². The minimum atomic E-state index is -1.37. The maximum atomic E-state index is 14.4. The molecule has 2 saturated heterocycles. The molecule has 0 unspecified atom stereocenters. The largest absolute Gasteiger partial charge is 0.378 e. The van der Waals surface area contributed by atoms with Crippen LogP contribution in [0.25, 0.3) is 10.9 Å². The van der Waals surface area contributed by atoms with Crippen LogP contribution in [0.2, 0.25) is 0 Å². The van der Waals surface area contributed by atoms with E-state index in [1.54, 1.807) is 0 Å². The first-order chi connectivity index (χ1) is 17.1. The van der Waals surface area contributed by atoms with Crippen molar-refractivity contribution in [2.24, 2.45) is 0 Å². The fourth-order valence-corrected chi connectivity index (χ4v) is 5.56. The van der Waals surface area contributed by atoms with Crippen LogP contribution in [0.15, 0.2) is 46.0 Å². The number of nitrogens with zero attached hydrogens (tertiary/aromatic N) is 2. The van der Waals surface area contributed by atoms with Crippen LogP contribution in [0.4, 0.5) is 13.2 Å². The molecule has 0 aliphatic carbocycles. The molecule has 2 aromatic carbocycles. The molecule has 0 radical (unpaired) electrons. The first-order valence-electron chi connectivity index (χ1n) is 11.6. The monoisotopic (exact) mass is 502 g/mol. The minimum absolute atomic E-state index is 0.0197. The molecule has 5 rings (SSSR count). The van der Waals surface area contributed by atoms with Crippen molar-refractivity contribution in [2.45, 2.75) is 43.4 Å². The van der Waals surface area contributed by atoms with Crippen molar-refractivity contribution in [3.63, 3.8) is 0 Å². The molecule has 2 N–H and O–H groups in total. The number of fused-ring (bicyclic) bond motifs is 3. The van der Waals surface area contributed by atoms with Gasteiger partial charge in [-0.05, 0) is 51.1 Å². The Balaban J connectivity index is 1.65. The molecule has 4 atom stereocenters. The highest BCUT2D eigenvalue weighted by Gasteiger charge is 2.56. The summed E-state index contributed by atoms with van der Waals surface area (Å²) in [5.74, 6) is -2.98. The molecule has 190 valence electrons. The number of halogens is 3. The highest BCUT2D eigenvalue weighted by molar-refractivity contribution is 5.83. The first kappa shape index (κ1) is 24.3. The molecule has 1 amide bonds. The number of aromatic amines is 1. The molecule has 2 fully saturated rings. The van der Waals surface area contributed by atoms with Gasteiger partial charge in [-0.15, -0.1) is 0 Å². The van der Waals surface area contributed by atoms with Crippen molar-refractivity contribution in [1.29, 1.82) is 0 Å². The zero-order valence-electron chi connectivity index (χ0n) is 19.7. The van der Waals surface area contributed by atoms with E-state index in [1.807, 2.05) is 11.9 Å². The summed E-state index contributed by atoms with van der Waals surface area (Å²) in [7, 11) is 1.81. The number of carbonyl (C=O) groups excluding carboxylic acids is 1. The lowest BCUT2D eigenvalue weighted by molar-refractivity contribution is -0.137. The summed E-state index contributed by atoms with van der Waals surface area (Å²) in [5, 5.41) is 2.61. The van der Waals surface area contributed by atoms with Crippen molar-refractivity contribution in [2.75, 3.05) is 20.3 Å². The Kier molecular flexibility index (Phi) is 6.00. The Bertz CT molecular complexity index is 1470. The second-order valence-corrected chi connectivity index (χ2v) is 9.52. The Labute approximate surface area is 203 Å². The number of aromatic nitrogens is 2. The highest BCUT2D eigenvalue weighted by Crippen LogP contribution is 2.43. The number of likely N-dealkylation sites (N-methyl/N-ethyl adjacent to an activating group) is 1. The molecule has 0 spiro atoms. The number of carbonyl (C=O) groups is 1. The molecule has 2 aliphatic heterocycles. The van der Waals surface area contributed by atoms with Gasteiger partial charge in [0.15, 0.2) is 0 Å². The molecule has 3 aromatic rings. The number of hydrogen-bond donors (Lipinski definition) is 2. The van der Waals surface area contributed by atoms with Crippen molar-refractivity contribution < 1.29 is 22.7 Å². The van der Waals surface area contributed by atoms with Crippen LogP contribution in [0.3, 0.4) is 0 Å². The van der Waals surface area contributed by atoms with Gasteiger partial charge in [0.05, 0.1) is 35.7 Å². The predicted molar refractivity (Wildman–Crippen MR) is 125 cm³/mol. The summed E-state index contributed by atoms with van der Waals surface area (Å²) in [6.45, 7) is 2.03. The number of rotatable bonds is 5. The fourth-order valence-electron chi connectivity index (χ4n) is 5.56. The second-order valence-electron chi connectivity index (χ2n) is 9.52. The molecule has 36 heavy (non-hydrogen) atoms. The van der Waals surface area contributed by atoms with Crippen LogP contribution in [-0.4, -0.2) is 52.2 Å². The lowest BCUT2D eigenvalue weighted by Gasteiger charge is -2.46. The molecular formula is C25H25F3N4O4. The molecule has 2 aliphatic rings. The van der Waals surface area contributed by atoms with Crippen LogP contribution < -0.4 is 16.6 Å². The average Bonchev–Trinajstić information content (AvgIpc) is 2.99. The van der Waals surface area contributed by atoms with Gasteiger partial charge in [-0.25, -0.2) is 22.5 Å². The van der Waals surface area contributed by atoms with E-state index in [0.717, 1.165) is 22.8 Å². The van der Waals surface area contributed by atoms with Crippen molar-refractivity contribution in [1.82, 2.24) is 19.8 Å². The normalized spacial score (nSPS) is 23.5. The first-order valence-corrected chi connectivity index (χ1v) is 11.6. The summed E-state index contributed by atoms with van der Waals surface area (Å²) in [6.07, 6.45) is 1.13. The summed E-state index contributed by atoms with van der Waals surface area (Å²) in [5.41, 5.74) is -2.53. The standard InChI is InChI=1S/C25H25F3N4O4/c1-13(17-5-3-15(27)10-19(17)28)29-22(33)21(25-8-7-16(31(25)2)11-36-12-25)32-23(34)18-9-14(26)4-6-20(18)30-24(32)35/h3-6,9-10,13,16,21H,7-8,11-12H2,1-2H3,(H,29,33)(H,30,35)/t13-,16-,21+,25+/m1/s1. The third-order valence-electron chi connectivity index (χ3n) is 7.52. The van der Waals surface area contributed by atoms with E-state index < -0.39 is 52.2 Å². The van der Waals surface area contributed by atoms with Gasteiger partial charge in [0.25, 0.3) is 5.56 Å². The summed E-state index contributed by atoms with van der Waals surface area (Å²) in [4.78, 5) is 45.2. The quantitative estimate of drug-likeness (QED) is 0.559. The number of ether oxygens (including phenoxy) is 1. The smallest absolute Gasteiger partial charge is 0.329 e. The molecule has 2 bridgehead atoms. The van der Waals surface area contributed by atoms with Crippen molar-refractivity contribution in [3.8, 4) is 0 Å². The van der Waals surface area contributed by atoms with Crippen LogP contribution >= 0.6 is 0 Å². The maximum absolute atomic E-state index is 14.4. The second kappa shape index (κ2) is 8.90. The highest BCUT2D eigenvalue weighted by atomic mass is 19.1. The molecule has 3 heterocycles. The van der Waals surface area contributed by atoms with Gasteiger partial charge >= 0.3 is 5.69 Å². The zero-order chi connectivity index (χ0) is 25.8. The number of morpholine rings is 1. The van der Waals surface area contributed by atoms with Gasteiger partial charge in [0.1, 0.15) is 23.5 Å². The average molecular weight is 502 g/mol. The number of amides is 1. The van der Waals surface area contributed by atoms with E-state index in [-0.39, 0.29) is 29.1 Å². The summed E-state index contributed by atoms with van der Waals surface area (Å²) >= 11 is 0. The fraction of sp³-hybridized carbons (Fsp3) is 0.400. The Morgan fingerprint density at radius 2 is 1.89 bits per heavy atom. The van der Waals surface area contributed by atoms with Gasteiger partial charge in [-0.2, -0.15) is 0 Å². The predicted octanol–water partition coefficient (Wildman–Crippen LogP) is 2.39. The molecule has 8 nitrogen and oxygen atoms in total. The van der Waals surface area contributed by atoms with Gasteiger partial charge < -0.3 is 15.0 Å². The number of H-pyrrole nitrogens is 1.